The molecule has 0 aliphatic carbocycles. The Labute approximate surface area is 542 Å². The Kier molecular flexibility index (Phi) is 38.3. The van der Waals surface area contributed by atoms with Gasteiger partial charge in [0.15, 0.2) is 0 Å². The van der Waals surface area contributed by atoms with Crippen LogP contribution in [-0.2, 0) is 46.7 Å². The summed E-state index contributed by atoms with van der Waals surface area (Å²) in [5.74, 6) is -1.74. The van der Waals surface area contributed by atoms with Gasteiger partial charge >= 0.3 is 23.9 Å². The fraction of sp³-hybridized carbons (Fsp3) is 0.695. The van der Waals surface area contributed by atoms with Crippen molar-refractivity contribution in [1.29, 1.82) is 0 Å². The van der Waals surface area contributed by atoms with Gasteiger partial charge in [0.2, 0.25) is 17.8 Å². The molecule has 4 heterocycles. The smallest absolute Gasteiger partial charge is 0.326 e. The minimum Gasteiger partial charge on any atom is -0.481 e. The number of aliphatic carboxylic acids is 3. The van der Waals surface area contributed by atoms with Gasteiger partial charge in [-0.2, -0.15) is 34.8 Å². The maximum atomic E-state index is 12.4. The molecule has 3 atom stereocenters. The molecule has 3 aliphatic heterocycles. The molecule has 27 nitrogen and oxygen atoms in total. The van der Waals surface area contributed by atoms with Crippen LogP contribution in [0.25, 0.3) is 0 Å². The summed E-state index contributed by atoms with van der Waals surface area (Å²) in [5.41, 5.74) is 2.27. The Hall–Kier alpha value is -4.23. The van der Waals surface area contributed by atoms with E-state index >= 15 is 0 Å². The van der Waals surface area contributed by atoms with Crippen LogP contribution in [-0.4, -0.2) is 243 Å². The number of piperidine rings is 1. The molecule has 1 aromatic heterocycles. The van der Waals surface area contributed by atoms with E-state index in [0.29, 0.717) is 84.6 Å². The van der Waals surface area contributed by atoms with Gasteiger partial charge < -0.3 is 82.3 Å². The summed E-state index contributed by atoms with van der Waals surface area (Å²) >= 11 is 0. The molecule has 0 saturated carbocycles. The van der Waals surface area contributed by atoms with E-state index in [4.69, 9.17) is 30.6 Å². The van der Waals surface area contributed by atoms with Crippen LogP contribution in [0.2, 0.25) is 0 Å². The van der Waals surface area contributed by atoms with Gasteiger partial charge in [-0.1, -0.05) is 62.8 Å². The Balaban J connectivity index is 0.0000162. The number of carbonyl (C=O) groups is 5. The van der Waals surface area contributed by atoms with Gasteiger partial charge in [-0.3, -0.25) is 30.3 Å². The first-order valence-electron chi connectivity index (χ1n) is 30.9. The summed E-state index contributed by atoms with van der Waals surface area (Å²) in [6.45, 7) is 22.0. The van der Waals surface area contributed by atoms with Crippen LogP contribution in [0.15, 0.2) is 24.3 Å². The number of piperazine rings is 1. The van der Waals surface area contributed by atoms with E-state index in [-0.39, 0.29) is 61.7 Å². The number of anilines is 2. The largest absolute Gasteiger partial charge is 0.481 e. The summed E-state index contributed by atoms with van der Waals surface area (Å²) in [5, 5.41) is 62.3. The predicted octanol–water partition coefficient (Wildman–Crippen LogP) is 4.36. The summed E-state index contributed by atoms with van der Waals surface area (Å²) in [4.78, 5) is 103. The number of nitrogens with one attached hydrogen (secondary N) is 3. The number of carboxylic acid groups (broad SMARTS) is 3. The van der Waals surface area contributed by atoms with Crippen molar-refractivity contribution in [2.45, 2.75) is 140 Å². The molecule has 3 fully saturated rings. The number of hydrogen-bond acceptors (Lipinski definition) is 21. The molecule has 0 spiro atoms. The normalized spacial score (nSPS) is 18.0. The van der Waals surface area contributed by atoms with E-state index in [0.717, 1.165) is 152 Å². The van der Waals surface area contributed by atoms with Crippen LogP contribution < -0.4 is 25.8 Å². The zero-order valence-corrected chi connectivity index (χ0v) is 52.2. The molecule has 1 radical (unpaired) electrons. The van der Waals surface area contributed by atoms with E-state index < -0.39 is 42.4 Å². The second-order valence-electron chi connectivity index (χ2n) is 22.5. The molecule has 1 unspecified atom stereocenters. The van der Waals surface area contributed by atoms with Gasteiger partial charge in [-0.15, -0.1) is 26.2 Å². The molecule has 3 aliphatic rings. The number of benzene rings is 1. The first-order valence-corrected chi connectivity index (χ1v) is 30.9. The zero-order chi connectivity index (χ0) is 61.7. The average molecular weight is 1390 g/mol. The maximum Gasteiger partial charge on any atom is 0.326 e. The molecule has 3 saturated heterocycles. The number of amides is 3. The van der Waals surface area contributed by atoms with E-state index in [1.54, 1.807) is 0 Å². The third-order valence-corrected chi connectivity index (χ3v) is 16.2. The second-order valence-corrected chi connectivity index (χ2v) is 22.5. The molecule has 2 aromatic rings. The first-order chi connectivity index (χ1) is 41.8. The van der Waals surface area contributed by atoms with Gasteiger partial charge in [0, 0.05) is 154 Å². The average Bonchev–Trinajstić information content (AvgIpc) is 3.39. The number of hydrogen-bond donors (Lipinski definition) is 9. The van der Waals surface area contributed by atoms with E-state index in [1.165, 1.54) is 39.1 Å². The van der Waals surface area contributed by atoms with E-state index in [2.05, 4.69) is 96.1 Å². The van der Waals surface area contributed by atoms with Crippen LogP contribution in [0.4, 0.5) is 16.7 Å². The predicted molar refractivity (Wildman–Crippen MR) is 321 cm³/mol. The first kappa shape index (κ1) is 75.2. The Morgan fingerprint density at radius 3 is 1.67 bits per heavy atom. The van der Waals surface area contributed by atoms with Crippen LogP contribution in [0.3, 0.4) is 0 Å². The standard InChI is InChI=1S/C59H97N13O14.Lu/c1-2-66-28-29-68(38-41-84-81)30-31-69(39-42-85-82)32-35-70(40-43-86-83)49(46-66)44-47-18-20-48(21-19-47)45-52-63-57(71-26-14-9-15-27-71)65-58(64-52)72-36-33-67(34-37-72)25-13-8-6-4-3-5-7-10-17-53(73)60-24-12-11-16-50(55(76)77)61-59(80)62-51(56(78)79)22-23-54(74)75;/h18-21,41-43,49-51,81-83H,1-17,22-40,44-46H2,(H,60,73)(H,74,75)(H,76,77)(H,78,79)(H2,61,62,80);/q-4;/t49?,50-,51-;/m0./s1. The van der Waals surface area contributed by atoms with Gasteiger partial charge in [0.1, 0.15) is 17.9 Å². The monoisotopic (exact) mass is 1390 g/mol. The Morgan fingerprint density at radius 1 is 0.575 bits per heavy atom. The minimum absolute atomic E-state index is 0. The summed E-state index contributed by atoms with van der Waals surface area (Å²) in [7, 11) is 0. The Morgan fingerprint density at radius 2 is 1.09 bits per heavy atom. The quantitative estimate of drug-likeness (QED) is 0.0194. The SMILES string of the molecule is [CH2-]CN1CCN(C[CH-]OO)CCN(C[CH-]OO)CCN(C[CH-]OO)C(Cc2ccc(Cc3nc(N4CCCCC4)nc(N4CCN(CCCCCCCCCCC(=O)NCCCC[C@H](NC(=O)N[C@@H](CCC(=O)O)C(=O)O)C(=O)O)CC4)n3)cc2)C1.[Lu]. The molecule has 1 aromatic carbocycles. The molecule has 3 amide bonds. The van der Waals surface area contributed by atoms with Crippen LogP contribution in [0.1, 0.15) is 126 Å². The number of carbonyl (C=O) groups excluding carboxylic acids is 2. The van der Waals surface area contributed by atoms with Gasteiger partial charge in [0.05, 0.1) is 0 Å². The number of unbranched alkanes of at least 4 members (excludes halogenated alkanes) is 8. The van der Waals surface area contributed by atoms with Gasteiger partial charge in [0.25, 0.3) is 0 Å². The fourth-order valence-electron chi connectivity index (χ4n) is 11.0. The summed E-state index contributed by atoms with van der Waals surface area (Å²) in [6.07, 6.45) is 13.9. The third-order valence-electron chi connectivity index (χ3n) is 16.2. The van der Waals surface area contributed by atoms with Crippen molar-refractivity contribution in [3.05, 3.63) is 68.0 Å². The molecular weight excluding hydrogens is 1290 g/mol. The number of nitrogens with zero attached hydrogens (tertiary/aromatic N) is 10. The van der Waals surface area contributed by atoms with Gasteiger partial charge in [-0.25, -0.2) is 14.4 Å². The van der Waals surface area contributed by atoms with Crippen LogP contribution in [0.5, 0.6) is 0 Å². The van der Waals surface area contributed by atoms with Crippen LogP contribution in [0, 0.1) is 63.6 Å². The summed E-state index contributed by atoms with van der Waals surface area (Å²) < 4.78 is 0. The van der Waals surface area contributed by atoms with Crippen molar-refractivity contribution in [3.63, 3.8) is 0 Å². The summed E-state index contributed by atoms with van der Waals surface area (Å²) in [6, 6.07) is 4.98. The molecule has 0 bridgehead atoms. The molecule has 5 rings (SSSR count). The van der Waals surface area contributed by atoms with Crippen molar-refractivity contribution in [1.82, 2.24) is 55.4 Å². The third kappa shape index (κ3) is 30.4. The van der Waals surface area contributed by atoms with Crippen molar-refractivity contribution in [3.8, 4) is 0 Å². The van der Waals surface area contributed by atoms with E-state index in [1.807, 2.05) is 0 Å². The van der Waals surface area contributed by atoms with Crippen LogP contribution >= 0.6 is 0 Å². The van der Waals surface area contributed by atoms with Crippen molar-refractivity contribution in [2.75, 3.05) is 134 Å². The topological polar surface area (TPSA) is 332 Å². The molecule has 9 N–H and O–H groups in total. The molecular formula is C59H97LuN13O14-4. The number of carboxylic acids is 3. The zero-order valence-electron chi connectivity index (χ0n) is 50.5. The van der Waals surface area contributed by atoms with Crippen molar-refractivity contribution >= 4 is 41.7 Å². The number of aromatic nitrogens is 3. The number of rotatable bonds is 39. The molecule has 28 heteroatoms. The second kappa shape index (κ2) is 44.3. The molecule has 87 heavy (non-hydrogen) atoms. The van der Waals surface area contributed by atoms with E-state index in [9.17, 15) is 39.4 Å². The Bertz CT molecular complexity index is 2260. The molecule has 501 valence electrons. The van der Waals surface area contributed by atoms with Crippen molar-refractivity contribution < 1.29 is 107 Å². The number of urea groups is 1. The fourth-order valence-corrected chi connectivity index (χ4v) is 11.0. The maximum absolute atomic E-state index is 12.4. The minimum atomic E-state index is -1.48. The van der Waals surface area contributed by atoms with Gasteiger partial charge in [-0.05, 0) is 81.9 Å². The van der Waals surface area contributed by atoms with Crippen molar-refractivity contribution in [2.24, 2.45) is 0 Å².